The molecule has 21 heavy (non-hydrogen) atoms. The highest BCUT2D eigenvalue weighted by Crippen LogP contribution is 2.17. The van der Waals surface area contributed by atoms with Gasteiger partial charge >= 0.3 is 0 Å². The predicted molar refractivity (Wildman–Crippen MR) is 88.9 cm³/mol. The van der Waals surface area contributed by atoms with E-state index in [-0.39, 0.29) is 0 Å². The van der Waals surface area contributed by atoms with Crippen molar-refractivity contribution in [2.24, 2.45) is 0 Å². The maximum atomic E-state index is 4.64. The van der Waals surface area contributed by atoms with E-state index >= 15 is 0 Å². The first-order valence-corrected chi connectivity index (χ1v) is 8.28. The van der Waals surface area contributed by atoms with Crippen LogP contribution in [0.3, 0.4) is 0 Å². The van der Waals surface area contributed by atoms with Gasteiger partial charge in [-0.15, -0.1) is 0 Å². The van der Waals surface area contributed by atoms with Crippen molar-refractivity contribution in [2.75, 3.05) is 37.3 Å². The Balaban J connectivity index is 2.00. The summed E-state index contributed by atoms with van der Waals surface area (Å²) in [6.45, 7) is 7.45. The van der Waals surface area contributed by atoms with Crippen LogP contribution >= 0.6 is 0 Å². The third-order valence-corrected chi connectivity index (χ3v) is 3.99. The van der Waals surface area contributed by atoms with E-state index in [1.165, 1.54) is 19.4 Å². The fourth-order valence-corrected chi connectivity index (χ4v) is 2.73. The molecule has 5 nitrogen and oxygen atoms in total. The first kappa shape index (κ1) is 16.0. The van der Waals surface area contributed by atoms with Crippen LogP contribution in [-0.4, -0.2) is 47.6 Å². The number of rotatable bonds is 8. The van der Waals surface area contributed by atoms with Crippen molar-refractivity contribution in [3.63, 3.8) is 0 Å². The fourth-order valence-electron chi connectivity index (χ4n) is 2.73. The Morgan fingerprint density at radius 1 is 1.19 bits per heavy atom. The van der Waals surface area contributed by atoms with Gasteiger partial charge in [-0.3, -0.25) is 0 Å². The Kier molecular flexibility index (Phi) is 6.23. The smallest absolute Gasteiger partial charge is 0.133 e. The highest BCUT2D eigenvalue weighted by Gasteiger charge is 2.20. The summed E-state index contributed by atoms with van der Waals surface area (Å²) in [5.74, 6) is 2.82. The van der Waals surface area contributed by atoms with Gasteiger partial charge in [-0.05, 0) is 39.3 Å². The minimum absolute atomic E-state index is 0.627. The molecule has 2 heterocycles. The topological polar surface area (TPSA) is 53.1 Å². The van der Waals surface area contributed by atoms with Crippen LogP contribution < -0.4 is 10.6 Å². The summed E-state index contributed by atoms with van der Waals surface area (Å²) in [4.78, 5) is 11.6. The summed E-state index contributed by atoms with van der Waals surface area (Å²) >= 11 is 0. The van der Waals surface area contributed by atoms with Gasteiger partial charge in [-0.1, -0.05) is 13.8 Å². The quantitative estimate of drug-likeness (QED) is 0.771. The van der Waals surface area contributed by atoms with Crippen molar-refractivity contribution < 1.29 is 0 Å². The van der Waals surface area contributed by atoms with Crippen LogP contribution in [0.25, 0.3) is 0 Å². The van der Waals surface area contributed by atoms with Crippen LogP contribution in [0.2, 0.25) is 0 Å². The van der Waals surface area contributed by atoms with E-state index < -0.39 is 0 Å². The summed E-state index contributed by atoms with van der Waals surface area (Å²) in [5.41, 5.74) is 0. The minimum Gasteiger partial charge on any atom is -0.370 e. The molecular weight excluding hydrogens is 262 g/mol. The van der Waals surface area contributed by atoms with Crippen molar-refractivity contribution in [1.29, 1.82) is 0 Å². The lowest BCUT2D eigenvalue weighted by molar-refractivity contribution is 0.322. The van der Waals surface area contributed by atoms with E-state index in [0.717, 1.165) is 49.8 Å². The second-order valence-corrected chi connectivity index (χ2v) is 5.89. The first-order chi connectivity index (χ1) is 10.2. The molecule has 0 saturated carbocycles. The summed E-state index contributed by atoms with van der Waals surface area (Å²) in [7, 11) is 2.20. The zero-order valence-corrected chi connectivity index (χ0v) is 13.7. The number of aryl methyl sites for hydroxylation is 1. The first-order valence-electron chi connectivity index (χ1n) is 8.28. The average molecular weight is 291 g/mol. The van der Waals surface area contributed by atoms with Crippen molar-refractivity contribution in [3.05, 3.63) is 11.9 Å². The SMILES string of the molecule is CCCNc1cc(NCC2CCCN2C)nc(CCC)n1. The predicted octanol–water partition coefficient (Wildman–Crippen LogP) is 2.76. The van der Waals surface area contributed by atoms with Gasteiger partial charge in [0.05, 0.1) is 0 Å². The molecule has 1 atom stereocenters. The average Bonchev–Trinajstić information content (AvgIpc) is 2.88. The Labute approximate surface area is 128 Å². The van der Waals surface area contributed by atoms with E-state index in [1.807, 2.05) is 6.07 Å². The molecule has 1 aromatic heterocycles. The molecule has 0 bridgehead atoms. The molecule has 1 aliphatic rings. The molecule has 0 aromatic carbocycles. The van der Waals surface area contributed by atoms with Gasteiger partial charge in [-0.25, -0.2) is 9.97 Å². The molecule has 0 amide bonds. The van der Waals surface area contributed by atoms with Gasteiger partial charge < -0.3 is 15.5 Å². The lowest BCUT2D eigenvalue weighted by atomic mass is 10.2. The Morgan fingerprint density at radius 2 is 1.95 bits per heavy atom. The molecule has 5 heteroatoms. The van der Waals surface area contributed by atoms with E-state index in [0.29, 0.717) is 6.04 Å². The standard InChI is InChI=1S/C16H29N5/c1-4-7-14-19-15(17-9-5-2)11-16(20-14)18-12-13-8-6-10-21(13)3/h11,13H,4-10,12H2,1-3H3,(H2,17,18,19,20). The van der Waals surface area contributed by atoms with Gasteiger partial charge in [0.1, 0.15) is 17.5 Å². The maximum Gasteiger partial charge on any atom is 0.133 e. The minimum atomic E-state index is 0.627. The van der Waals surface area contributed by atoms with Gasteiger partial charge in [0.2, 0.25) is 0 Å². The number of nitrogens with zero attached hydrogens (tertiary/aromatic N) is 3. The summed E-state index contributed by atoms with van der Waals surface area (Å²) in [6.07, 6.45) is 5.68. The number of anilines is 2. The second kappa shape index (κ2) is 8.17. The second-order valence-electron chi connectivity index (χ2n) is 5.89. The molecule has 1 aliphatic heterocycles. The van der Waals surface area contributed by atoms with Gasteiger partial charge in [-0.2, -0.15) is 0 Å². The van der Waals surface area contributed by atoms with Crippen LogP contribution in [-0.2, 0) is 6.42 Å². The third kappa shape index (κ3) is 4.84. The van der Waals surface area contributed by atoms with Gasteiger partial charge in [0.15, 0.2) is 0 Å². The Bertz CT molecular complexity index is 435. The lowest BCUT2D eigenvalue weighted by Gasteiger charge is -2.20. The van der Waals surface area contributed by atoms with Crippen LogP contribution in [0.4, 0.5) is 11.6 Å². The molecule has 2 N–H and O–H groups in total. The largest absolute Gasteiger partial charge is 0.370 e. The molecular formula is C16H29N5. The van der Waals surface area contributed by atoms with E-state index in [9.17, 15) is 0 Å². The third-order valence-electron chi connectivity index (χ3n) is 3.99. The molecule has 2 rings (SSSR count). The van der Waals surface area contributed by atoms with Crippen LogP contribution in [0.15, 0.2) is 6.07 Å². The summed E-state index contributed by atoms with van der Waals surface area (Å²) in [5, 5.41) is 6.87. The van der Waals surface area contributed by atoms with Crippen molar-refractivity contribution in [1.82, 2.24) is 14.9 Å². The zero-order chi connectivity index (χ0) is 15.1. The van der Waals surface area contributed by atoms with Gasteiger partial charge in [0.25, 0.3) is 0 Å². The maximum absolute atomic E-state index is 4.64. The molecule has 1 unspecified atom stereocenters. The van der Waals surface area contributed by atoms with Crippen molar-refractivity contribution in [2.45, 2.75) is 52.0 Å². The zero-order valence-electron chi connectivity index (χ0n) is 13.7. The Morgan fingerprint density at radius 3 is 2.57 bits per heavy atom. The number of likely N-dealkylation sites (tertiary alicyclic amines) is 1. The number of hydrogen-bond donors (Lipinski definition) is 2. The van der Waals surface area contributed by atoms with Crippen molar-refractivity contribution in [3.8, 4) is 0 Å². The van der Waals surface area contributed by atoms with E-state index in [4.69, 9.17) is 0 Å². The highest BCUT2D eigenvalue weighted by atomic mass is 15.2. The molecule has 1 fully saturated rings. The highest BCUT2D eigenvalue weighted by molar-refractivity contribution is 5.47. The van der Waals surface area contributed by atoms with E-state index in [1.54, 1.807) is 0 Å². The molecule has 1 saturated heterocycles. The number of hydrogen-bond acceptors (Lipinski definition) is 5. The Hall–Kier alpha value is -1.36. The number of likely N-dealkylation sites (N-methyl/N-ethyl adjacent to an activating group) is 1. The van der Waals surface area contributed by atoms with Crippen molar-refractivity contribution >= 4 is 11.6 Å². The number of nitrogens with one attached hydrogen (secondary N) is 2. The summed E-state index contributed by atoms with van der Waals surface area (Å²) < 4.78 is 0. The molecule has 0 radical (unpaired) electrons. The van der Waals surface area contributed by atoms with Crippen LogP contribution in [0.5, 0.6) is 0 Å². The molecule has 118 valence electrons. The van der Waals surface area contributed by atoms with Crippen LogP contribution in [0.1, 0.15) is 45.4 Å². The monoisotopic (exact) mass is 291 g/mol. The number of aromatic nitrogens is 2. The molecule has 0 aliphatic carbocycles. The van der Waals surface area contributed by atoms with Gasteiger partial charge in [0, 0.05) is 31.6 Å². The molecule has 1 aromatic rings. The van der Waals surface area contributed by atoms with Crippen LogP contribution in [0, 0.1) is 0 Å². The normalized spacial score (nSPS) is 18.9. The van der Waals surface area contributed by atoms with E-state index in [2.05, 4.69) is 46.4 Å². The fraction of sp³-hybridized carbons (Fsp3) is 0.750. The molecule has 0 spiro atoms. The summed E-state index contributed by atoms with van der Waals surface area (Å²) in [6, 6.07) is 2.66. The lowest BCUT2D eigenvalue weighted by Crippen LogP contribution is -2.31.